The van der Waals surface area contributed by atoms with E-state index in [9.17, 15) is 0 Å². The molecule has 0 amide bonds. The molecule has 3 heterocycles. The lowest BCUT2D eigenvalue weighted by Crippen LogP contribution is -2.39. The summed E-state index contributed by atoms with van der Waals surface area (Å²) in [5, 5.41) is 3.52. The van der Waals surface area contributed by atoms with Crippen LogP contribution >= 0.6 is 0 Å². The van der Waals surface area contributed by atoms with E-state index < -0.39 is 0 Å². The molecular formula is C20H28N6. The van der Waals surface area contributed by atoms with Gasteiger partial charge < -0.3 is 10.2 Å². The fraction of sp³-hybridized carbons (Fsp3) is 0.550. The van der Waals surface area contributed by atoms with Crippen molar-refractivity contribution in [2.45, 2.75) is 39.2 Å². The molecular weight excluding hydrogens is 324 g/mol. The van der Waals surface area contributed by atoms with Crippen molar-refractivity contribution in [2.24, 2.45) is 16.8 Å². The van der Waals surface area contributed by atoms with Crippen molar-refractivity contribution in [3.05, 3.63) is 42.1 Å². The first-order valence-electron chi connectivity index (χ1n) is 9.65. The average molecular weight is 352 g/mol. The van der Waals surface area contributed by atoms with Gasteiger partial charge in [-0.15, -0.1) is 0 Å². The van der Waals surface area contributed by atoms with E-state index in [1.165, 1.54) is 25.7 Å². The molecule has 0 radical (unpaired) electrons. The zero-order valence-corrected chi connectivity index (χ0v) is 15.7. The van der Waals surface area contributed by atoms with Crippen molar-refractivity contribution < 1.29 is 0 Å². The molecule has 26 heavy (non-hydrogen) atoms. The predicted molar refractivity (Wildman–Crippen MR) is 103 cm³/mol. The third kappa shape index (κ3) is 3.45. The lowest BCUT2D eigenvalue weighted by molar-refractivity contribution is 0.299. The van der Waals surface area contributed by atoms with Crippen LogP contribution in [0.1, 0.15) is 37.1 Å². The number of hydrogen-bond acceptors (Lipinski definition) is 3. The Morgan fingerprint density at radius 3 is 2.54 bits per heavy atom. The highest BCUT2D eigenvalue weighted by atomic mass is 15.3. The molecule has 2 atom stereocenters. The quantitative estimate of drug-likeness (QED) is 0.682. The largest absolute Gasteiger partial charge is 0.352 e. The molecule has 2 unspecified atom stereocenters. The van der Waals surface area contributed by atoms with Crippen LogP contribution in [0.3, 0.4) is 0 Å². The third-order valence-electron chi connectivity index (χ3n) is 5.82. The van der Waals surface area contributed by atoms with E-state index in [4.69, 9.17) is 0 Å². The number of rotatable bonds is 3. The molecule has 0 aromatic carbocycles. The Morgan fingerprint density at radius 1 is 1.19 bits per heavy atom. The highest BCUT2D eigenvalue weighted by Gasteiger charge is 2.35. The highest BCUT2D eigenvalue weighted by molar-refractivity contribution is 5.80. The lowest BCUT2D eigenvalue weighted by Gasteiger charge is -2.22. The van der Waals surface area contributed by atoms with Crippen LogP contribution in [-0.2, 0) is 6.54 Å². The van der Waals surface area contributed by atoms with E-state index >= 15 is 0 Å². The highest BCUT2D eigenvalue weighted by Crippen LogP contribution is 2.35. The molecule has 6 heteroatoms. The first kappa shape index (κ1) is 17.1. The van der Waals surface area contributed by atoms with Gasteiger partial charge in [0, 0.05) is 45.3 Å². The van der Waals surface area contributed by atoms with Crippen molar-refractivity contribution in [1.82, 2.24) is 24.8 Å². The smallest absolute Gasteiger partial charge is 0.193 e. The minimum atomic E-state index is 0.745. The fourth-order valence-electron chi connectivity index (χ4n) is 4.38. The summed E-state index contributed by atoms with van der Waals surface area (Å²) in [6.45, 7) is 5.03. The maximum absolute atomic E-state index is 4.57. The van der Waals surface area contributed by atoms with Crippen molar-refractivity contribution in [3.8, 4) is 5.82 Å². The normalized spacial score (nSPS) is 23.2. The zero-order valence-electron chi connectivity index (χ0n) is 15.7. The van der Waals surface area contributed by atoms with Crippen LogP contribution in [0.2, 0.25) is 0 Å². The molecule has 0 bridgehead atoms. The van der Waals surface area contributed by atoms with Crippen molar-refractivity contribution in [1.29, 1.82) is 0 Å². The number of guanidine groups is 1. The fourth-order valence-corrected chi connectivity index (χ4v) is 4.38. The Morgan fingerprint density at radius 2 is 1.96 bits per heavy atom. The van der Waals surface area contributed by atoms with Gasteiger partial charge in [0.15, 0.2) is 5.96 Å². The molecule has 1 saturated heterocycles. The van der Waals surface area contributed by atoms with Crippen LogP contribution in [0.5, 0.6) is 0 Å². The molecule has 1 N–H and O–H groups in total. The second kappa shape index (κ2) is 7.48. The molecule has 2 aromatic heterocycles. The van der Waals surface area contributed by atoms with Gasteiger partial charge in [0.05, 0.1) is 0 Å². The SMILES string of the molecule is CN=C(NCc1ccc(-n2ccnc2C)nc1)N1CC2CCCCC2C1. The van der Waals surface area contributed by atoms with E-state index in [0.717, 1.165) is 54.6 Å². The topological polar surface area (TPSA) is 58.3 Å². The molecule has 4 rings (SSSR count). The minimum Gasteiger partial charge on any atom is -0.352 e. The van der Waals surface area contributed by atoms with Crippen LogP contribution in [0.4, 0.5) is 0 Å². The maximum atomic E-state index is 4.57. The molecule has 0 spiro atoms. The third-order valence-corrected chi connectivity index (χ3v) is 5.82. The Balaban J connectivity index is 1.36. The second-order valence-electron chi connectivity index (χ2n) is 7.48. The first-order valence-corrected chi connectivity index (χ1v) is 9.65. The molecule has 1 saturated carbocycles. The maximum Gasteiger partial charge on any atom is 0.193 e. The van der Waals surface area contributed by atoms with E-state index in [2.05, 4.69) is 31.2 Å². The van der Waals surface area contributed by atoms with Crippen LogP contribution in [0.15, 0.2) is 35.7 Å². The number of likely N-dealkylation sites (tertiary alicyclic amines) is 1. The number of aliphatic imine (C=N–C) groups is 1. The monoisotopic (exact) mass is 352 g/mol. The van der Waals surface area contributed by atoms with Gasteiger partial charge in [-0.1, -0.05) is 18.9 Å². The van der Waals surface area contributed by atoms with Gasteiger partial charge in [0.1, 0.15) is 11.6 Å². The number of pyridine rings is 1. The number of hydrogen-bond donors (Lipinski definition) is 1. The van der Waals surface area contributed by atoms with Crippen molar-refractivity contribution in [2.75, 3.05) is 20.1 Å². The molecule has 1 aliphatic carbocycles. The molecule has 2 aromatic rings. The van der Waals surface area contributed by atoms with Crippen LogP contribution in [0, 0.1) is 18.8 Å². The number of aromatic nitrogens is 3. The average Bonchev–Trinajstić information content (AvgIpc) is 3.29. The van der Waals surface area contributed by atoms with Gasteiger partial charge in [0.25, 0.3) is 0 Å². The molecule has 138 valence electrons. The lowest BCUT2D eigenvalue weighted by atomic mass is 9.82. The summed E-state index contributed by atoms with van der Waals surface area (Å²) in [5.41, 5.74) is 1.16. The van der Waals surface area contributed by atoms with E-state index in [1.54, 1.807) is 6.20 Å². The first-order chi connectivity index (χ1) is 12.7. The Kier molecular flexibility index (Phi) is 4.91. The number of fused-ring (bicyclic) bond motifs is 1. The summed E-state index contributed by atoms with van der Waals surface area (Å²) >= 11 is 0. The minimum absolute atomic E-state index is 0.745. The number of aryl methyl sites for hydroxylation is 1. The molecule has 1 aliphatic heterocycles. The number of imidazole rings is 1. The summed E-state index contributed by atoms with van der Waals surface area (Å²) in [7, 11) is 1.88. The zero-order chi connectivity index (χ0) is 17.9. The molecule has 2 fully saturated rings. The summed E-state index contributed by atoms with van der Waals surface area (Å²) in [6.07, 6.45) is 11.2. The second-order valence-corrected chi connectivity index (χ2v) is 7.48. The van der Waals surface area contributed by atoms with Crippen LogP contribution < -0.4 is 5.32 Å². The van der Waals surface area contributed by atoms with Gasteiger partial charge >= 0.3 is 0 Å². The number of nitrogens with zero attached hydrogens (tertiary/aromatic N) is 5. The van der Waals surface area contributed by atoms with Gasteiger partial charge in [-0.2, -0.15) is 0 Å². The Bertz CT molecular complexity index is 749. The van der Waals surface area contributed by atoms with Gasteiger partial charge in [-0.05, 0) is 43.2 Å². The van der Waals surface area contributed by atoms with Gasteiger partial charge in [-0.25, -0.2) is 9.97 Å². The summed E-state index contributed by atoms with van der Waals surface area (Å²) in [6, 6.07) is 4.16. The molecule has 2 aliphatic rings. The van der Waals surface area contributed by atoms with Crippen LogP contribution in [-0.4, -0.2) is 45.5 Å². The van der Waals surface area contributed by atoms with Gasteiger partial charge in [-0.3, -0.25) is 9.56 Å². The van der Waals surface area contributed by atoms with Crippen LogP contribution in [0.25, 0.3) is 5.82 Å². The van der Waals surface area contributed by atoms with Gasteiger partial charge in [0.2, 0.25) is 0 Å². The number of nitrogens with one attached hydrogen (secondary N) is 1. The Labute approximate surface area is 155 Å². The standard InChI is InChI=1S/C20H28N6/c1-15-22-9-10-26(15)19-8-7-16(11-23-19)12-24-20(21-2)25-13-17-5-3-4-6-18(17)14-25/h7-11,17-18H,3-6,12-14H2,1-2H3,(H,21,24). The van der Waals surface area contributed by atoms with E-state index in [0.29, 0.717) is 0 Å². The summed E-state index contributed by atoms with van der Waals surface area (Å²) in [4.78, 5) is 15.8. The summed E-state index contributed by atoms with van der Waals surface area (Å²) < 4.78 is 1.99. The predicted octanol–water partition coefficient (Wildman–Crippen LogP) is 2.77. The summed E-state index contributed by atoms with van der Waals surface area (Å²) in [5.74, 6) is 4.59. The van der Waals surface area contributed by atoms with E-state index in [1.807, 2.05) is 37.0 Å². The Hall–Kier alpha value is -2.37. The van der Waals surface area contributed by atoms with Crippen molar-refractivity contribution in [3.63, 3.8) is 0 Å². The van der Waals surface area contributed by atoms with Crippen molar-refractivity contribution >= 4 is 5.96 Å². The molecule has 6 nitrogen and oxygen atoms in total. The van der Waals surface area contributed by atoms with E-state index in [-0.39, 0.29) is 0 Å².